The molecule has 0 saturated carbocycles. The van der Waals surface area contributed by atoms with Gasteiger partial charge in [0.25, 0.3) is 0 Å². The first-order valence-electron chi connectivity index (χ1n) is 7.56. The number of hydrogen-bond acceptors (Lipinski definition) is 4. The largest absolute Gasteiger partial charge is 0.387 e. The van der Waals surface area contributed by atoms with Crippen LogP contribution in [0.3, 0.4) is 0 Å². The van der Waals surface area contributed by atoms with E-state index in [0.29, 0.717) is 12.2 Å². The minimum atomic E-state index is -0.527. The molecule has 0 aliphatic heterocycles. The van der Waals surface area contributed by atoms with Crippen LogP contribution in [0, 0.1) is 0 Å². The molecule has 0 atom stereocenters. The number of benzene rings is 2. The number of rotatable bonds is 6. The minimum absolute atomic E-state index is 0.428. The van der Waals surface area contributed by atoms with Crippen molar-refractivity contribution in [1.29, 1.82) is 0 Å². The lowest BCUT2D eigenvalue weighted by molar-refractivity contribution is -0.118. The first-order chi connectivity index (χ1) is 11.7. The Morgan fingerprint density at radius 2 is 1.92 bits per heavy atom. The van der Waals surface area contributed by atoms with E-state index >= 15 is 0 Å². The van der Waals surface area contributed by atoms with E-state index in [2.05, 4.69) is 27.8 Å². The lowest BCUT2D eigenvalue weighted by atomic mass is 10.2. The van der Waals surface area contributed by atoms with Crippen molar-refractivity contribution in [3.8, 4) is 5.69 Å². The molecule has 3 aromatic rings. The van der Waals surface area contributed by atoms with Crippen LogP contribution < -0.4 is 10.6 Å². The SMILES string of the molecule is O=C(CO)Nc1cccc(NCc2ccc(-n3ccnc3)cc2)c1. The average Bonchev–Trinajstić information content (AvgIpc) is 3.15. The van der Waals surface area contributed by atoms with Gasteiger partial charge in [-0.2, -0.15) is 0 Å². The first kappa shape index (κ1) is 15.8. The predicted molar refractivity (Wildman–Crippen MR) is 93.0 cm³/mol. The zero-order chi connectivity index (χ0) is 16.8. The van der Waals surface area contributed by atoms with E-state index < -0.39 is 12.5 Å². The summed E-state index contributed by atoms with van der Waals surface area (Å²) in [6, 6.07) is 15.6. The van der Waals surface area contributed by atoms with Crippen molar-refractivity contribution in [1.82, 2.24) is 9.55 Å². The third-order valence-electron chi connectivity index (χ3n) is 3.53. The van der Waals surface area contributed by atoms with Gasteiger partial charge in [-0.1, -0.05) is 18.2 Å². The molecule has 3 rings (SSSR count). The number of aliphatic hydroxyl groups excluding tert-OH is 1. The summed E-state index contributed by atoms with van der Waals surface area (Å²) in [5.41, 5.74) is 3.74. The minimum Gasteiger partial charge on any atom is -0.387 e. The maximum Gasteiger partial charge on any atom is 0.250 e. The van der Waals surface area contributed by atoms with Gasteiger partial charge in [-0.05, 0) is 35.9 Å². The molecule has 3 N–H and O–H groups in total. The molecule has 0 aliphatic carbocycles. The lowest BCUT2D eigenvalue weighted by Crippen LogP contribution is -2.15. The molecule has 0 fully saturated rings. The van der Waals surface area contributed by atoms with Crippen molar-refractivity contribution < 1.29 is 9.90 Å². The summed E-state index contributed by atoms with van der Waals surface area (Å²) in [4.78, 5) is 15.3. The third-order valence-corrected chi connectivity index (χ3v) is 3.53. The summed E-state index contributed by atoms with van der Waals surface area (Å²) in [6.45, 7) is 0.141. The molecule has 0 saturated heterocycles. The van der Waals surface area contributed by atoms with Crippen LogP contribution in [-0.2, 0) is 11.3 Å². The number of nitrogens with zero attached hydrogens (tertiary/aromatic N) is 2. The van der Waals surface area contributed by atoms with Crippen LogP contribution >= 0.6 is 0 Å². The Morgan fingerprint density at radius 3 is 2.62 bits per heavy atom. The molecule has 1 aromatic heterocycles. The first-order valence-corrected chi connectivity index (χ1v) is 7.56. The van der Waals surface area contributed by atoms with Gasteiger partial charge in [0.1, 0.15) is 6.61 Å². The van der Waals surface area contributed by atoms with E-state index in [-0.39, 0.29) is 0 Å². The van der Waals surface area contributed by atoms with Gasteiger partial charge in [-0.15, -0.1) is 0 Å². The van der Waals surface area contributed by atoms with E-state index in [1.165, 1.54) is 0 Å². The number of anilines is 2. The van der Waals surface area contributed by atoms with Gasteiger partial charge in [0, 0.05) is 36.0 Å². The molecule has 6 nitrogen and oxygen atoms in total. The molecule has 24 heavy (non-hydrogen) atoms. The van der Waals surface area contributed by atoms with Gasteiger partial charge in [0.15, 0.2) is 0 Å². The second kappa shape index (κ2) is 7.43. The van der Waals surface area contributed by atoms with Crippen molar-refractivity contribution in [3.63, 3.8) is 0 Å². The highest BCUT2D eigenvalue weighted by molar-refractivity contribution is 5.91. The van der Waals surface area contributed by atoms with Crippen molar-refractivity contribution in [3.05, 3.63) is 72.8 Å². The van der Waals surface area contributed by atoms with Gasteiger partial charge < -0.3 is 20.3 Å². The van der Waals surface area contributed by atoms with Gasteiger partial charge in [-0.25, -0.2) is 4.98 Å². The molecule has 122 valence electrons. The second-order valence-electron chi connectivity index (χ2n) is 5.28. The highest BCUT2D eigenvalue weighted by atomic mass is 16.3. The maximum absolute atomic E-state index is 11.2. The number of carbonyl (C=O) groups excluding carboxylic acids is 1. The lowest BCUT2D eigenvalue weighted by Gasteiger charge is -2.10. The average molecular weight is 322 g/mol. The Balaban J connectivity index is 1.61. The normalized spacial score (nSPS) is 10.4. The van der Waals surface area contributed by atoms with Crippen molar-refractivity contribution >= 4 is 17.3 Å². The van der Waals surface area contributed by atoms with E-state index in [0.717, 1.165) is 16.9 Å². The molecule has 0 aliphatic rings. The van der Waals surface area contributed by atoms with Crippen molar-refractivity contribution in [2.24, 2.45) is 0 Å². The van der Waals surface area contributed by atoms with Crippen LogP contribution in [0.15, 0.2) is 67.3 Å². The number of amides is 1. The summed E-state index contributed by atoms with van der Waals surface area (Å²) >= 11 is 0. The predicted octanol–water partition coefficient (Wildman–Crippen LogP) is 2.42. The third kappa shape index (κ3) is 3.99. The van der Waals surface area contributed by atoms with Gasteiger partial charge in [0.05, 0.1) is 6.33 Å². The molecule has 0 bridgehead atoms. The van der Waals surface area contributed by atoms with E-state index in [9.17, 15) is 4.79 Å². The summed E-state index contributed by atoms with van der Waals surface area (Å²) in [5, 5.41) is 14.7. The van der Waals surface area contributed by atoms with Crippen molar-refractivity contribution in [2.45, 2.75) is 6.54 Å². The molecular weight excluding hydrogens is 304 g/mol. The molecular formula is C18H18N4O2. The number of carbonyl (C=O) groups is 1. The summed E-state index contributed by atoms with van der Waals surface area (Å²) in [5.74, 6) is -0.428. The van der Waals surface area contributed by atoms with Crippen LogP contribution in [-0.4, -0.2) is 27.2 Å². The van der Waals surface area contributed by atoms with Gasteiger partial charge in [0.2, 0.25) is 5.91 Å². The fourth-order valence-electron chi connectivity index (χ4n) is 2.31. The zero-order valence-electron chi connectivity index (χ0n) is 13.0. The monoisotopic (exact) mass is 322 g/mol. The Labute approximate surface area is 139 Å². The number of aromatic nitrogens is 2. The van der Waals surface area contributed by atoms with Crippen LogP contribution in [0.25, 0.3) is 5.69 Å². The van der Waals surface area contributed by atoms with E-state index in [1.807, 2.05) is 41.1 Å². The quantitative estimate of drug-likeness (QED) is 0.651. The van der Waals surface area contributed by atoms with Crippen LogP contribution in [0.4, 0.5) is 11.4 Å². The molecule has 0 unspecified atom stereocenters. The van der Waals surface area contributed by atoms with Crippen LogP contribution in [0.5, 0.6) is 0 Å². The second-order valence-corrected chi connectivity index (χ2v) is 5.28. The smallest absolute Gasteiger partial charge is 0.250 e. The topological polar surface area (TPSA) is 79.2 Å². The van der Waals surface area contributed by atoms with Gasteiger partial charge in [-0.3, -0.25) is 4.79 Å². The molecule has 1 heterocycles. The summed E-state index contributed by atoms with van der Waals surface area (Å²) in [6.07, 6.45) is 5.41. The van der Waals surface area contributed by atoms with E-state index in [1.54, 1.807) is 18.6 Å². The summed E-state index contributed by atoms with van der Waals surface area (Å²) < 4.78 is 1.95. The van der Waals surface area contributed by atoms with Crippen LogP contribution in [0.2, 0.25) is 0 Å². The molecule has 1 amide bonds. The zero-order valence-corrected chi connectivity index (χ0v) is 13.0. The molecule has 6 heteroatoms. The number of nitrogens with one attached hydrogen (secondary N) is 2. The number of aliphatic hydroxyl groups is 1. The van der Waals surface area contributed by atoms with E-state index in [4.69, 9.17) is 5.11 Å². The Hall–Kier alpha value is -3.12. The van der Waals surface area contributed by atoms with Gasteiger partial charge >= 0.3 is 0 Å². The maximum atomic E-state index is 11.2. The summed E-state index contributed by atoms with van der Waals surface area (Å²) in [7, 11) is 0. The molecule has 2 aromatic carbocycles. The fraction of sp³-hybridized carbons (Fsp3) is 0.111. The highest BCUT2D eigenvalue weighted by Crippen LogP contribution is 2.16. The Morgan fingerprint density at radius 1 is 1.12 bits per heavy atom. The van der Waals surface area contributed by atoms with Crippen LogP contribution in [0.1, 0.15) is 5.56 Å². The number of hydrogen-bond donors (Lipinski definition) is 3. The standard InChI is InChI=1S/C18H18N4O2/c23-12-18(24)21-16-3-1-2-15(10-16)20-11-14-4-6-17(7-5-14)22-9-8-19-13-22/h1-10,13,20,23H,11-12H2,(H,21,24). The Kier molecular flexibility index (Phi) is 4.88. The fourth-order valence-corrected chi connectivity index (χ4v) is 2.31. The molecule has 0 spiro atoms. The molecule has 0 radical (unpaired) electrons. The Bertz CT molecular complexity index is 798. The number of imidazole rings is 1. The van der Waals surface area contributed by atoms with Crippen molar-refractivity contribution in [2.75, 3.05) is 17.2 Å². The highest BCUT2D eigenvalue weighted by Gasteiger charge is 2.01.